The number of nitrogens with one attached hydrogen (secondary N) is 2. The van der Waals surface area contributed by atoms with Crippen molar-refractivity contribution in [1.29, 1.82) is 0 Å². The van der Waals surface area contributed by atoms with Crippen LogP contribution < -0.4 is 79.6 Å². The van der Waals surface area contributed by atoms with Gasteiger partial charge < -0.3 is 25.0 Å². The Balaban J connectivity index is 0.00000529. The van der Waals surface area contributed by atoms with Gasteiger partial charge in [0.2, 0.25) is 17.2 Å². The van der Waals surface area contributed by atoms with E-state index in [0.717, 1.165) is 25.1 Å². The Morgan fingerprint density at radius 2 is 1.65 bits per heavy atom. The smallest absolute Gasteiger partial charge is 0.861 e. The molecule has 1 aromatic heterocycles. The molecule has 3 N–H and O–H groups in total. The van der Waals surface area contributed by atoms with Crippen LogP contribution in [-0.2, 0) is 39.3 Å². The summed E-state index contributed by atoms with van der Waals surface area (Å²) in [5.41, 5.74) is -0.627. The fourth-order valence-corrected chi connectivity index (χ4v) is 5.66. The molecule has 0 radical (unpaired) electrons. The van der Waals surface area contributed by atoms with Crippen molar-refractivity contribution >= 4 is 82.6 Å². The van der Waals surface area contributed by atoms with Crippen LogP contribution in [0.15, 0.2) is 51.2 Å². The van der Waals surface area contributed by atoms with Crippen LogP contribution in [0.4, 0.5) is 29.0 Å². The summed E-state index contributed by atoms with van der Waals surface area (Å²) in [4.78, 5) is 25.4. The second-order valence-electron chi connectivity index (χ2n) is 8.46. The number of rotatable bonds is 14. The van der Waals surface area contributed by atoms with Gasteiger partial charge in [0.25, 0.3) is 0 Å². The van der Waals surface area contributed by atoms with E-state index in [2.05, 4.69) is 34.8 Å². The van der Waals surface area contributed by atoms with Crippen molar-refractivity contribution in [3.63, 3.8) is 0 Å². The van der Waals surface area contributed by atoms with Gasteiger partial charge in [0.1, 0.15) is 27.3 Å². The van der Waals surface area contributed by atoms with Crippen molar-refractivity contribution in [2.75, 3.05) is 30.1 Å². The minimum absolute atomic E-state index is 0. The molecule has 0 spiro atoms. The molecule has 1 heterocycles. The van der Waals surface area contributed by atoms with Gasteiger partial charge in [-0.2, -0.15) is 23.4 Å². The third-order valence-corrected chi connectivity index (χ3v) is 8.27. The Kier molecular flexibility index (Phi) is 15.9. The zero-order chi connectivity index (χ0) is 32.9. The van der Waals surface area contributed by atoms with Crippen molar-refractivity contribution in [3.05, 3.63) is 41.7 Å². The van der Waals surface area contributed by atoms with Gasteiger partial charge in [0.15, 0.2) is 9.84 Å². The van der Waals surface area contributed by atoms with E-state index in [9.17, 15) is 39.7 Å². The fraction of sp³-hybridized carbons (Fsp3) is 0.227. The van der Waals surface area contributed by atoms with Crippen LogP contribution in [0.2, 0.25) is 5.28 Å². The minimum atomic E-state index is -5.20. The van der Waals surface area contributed by atoms with Crippen molar-refractivity contribution < 1.29 is 112 Å². The number of methoxy groups -OCH3 is 1. The summed E-state index contributed by atoms with van der Waals surface area (Å²) in [7, 11) is -12.9. The summed E-state index contributed by atoms with van der Waals surface area (Å²) in [5, 5.41) is 16.8. The summed E-state index contributed by atoms with van der Waals surface area (Å²) in [5.74, 6) is -3.00. The largest absolute Gasteiger partial charge is 1.00 e. The van der Waals surface area contributed by atoms with Gasteiger partial charge in [-0.25, -0.2) is 21.0 Å². The van der Waals surface area contributed by atoms with E-state index in [4.69, 9.17) is 20.9 Å². The molecule has 0 aliphatic rings. The van der Waals surface area contributed by atoms with Crippen molar-refractivity contribution in [3.8, 4) is 5.75 Å². The fourth-order valence-electron chi connectivity index (χ4n) is 3.34. The second-order valence-corrected chi connectivity index (χ2v) is 13.3. The predicted molar refractivity (Wildman–Crippen MR) is 151 cm³/mol. The summed E-state index contributed by atoms with van der Waals surface area (Å²) >= 11 is 5.99. The first-order valence-corrected chi connectivity index (χ1v) is 16.5. The molecular weight excluding hydrogens is 718 g/mol. The Hall–Kier alpha value is -1.99. The second kappa shape index (κ2) is 17.4. The maximum atomic E-state index is 12.5. The van der Waals surface area contributed by atoms with Crippen LogP contribution in [0.1, 0.15) is 13.3 Å². The van der Waals surface area contributed by atoms with Crippen LogP contribution in [0.5, 0.6) is 5.75 Å². The maximum absolute atomic E-state index is 12.5. The van der Waals surface area contributed by atoms with E-state index in [0.29, 0.717) is 0 Å². The number of aromatic nitrogens is 3. The van der Waals surface area contributed by atoms with Gasteiger partial charge >= 0.3 is 69.5 Å². The van der Waals surface area contributed by atoms with Crippen LogP contribution >= 0.6 is 11.6 Å². The number of aliphatic imine (C=N–C) groups is 1. The third-order valence-electron chi connectivity index (χ3n) is 5.08. The molecule has 0 bridgehead atoms. The predicted octanol–water partition coefficient (Wildman–Crippen LogP) is -5.10. The number of hydrogen-bond donors (Lipinski definition) is 3. The first-order chi connectivity index (χ1) is 20.4. The molecule has 0 amide bonds. The first-order valence-electron chi connectivity index (χ1n) is 11.7. The van der Waals surface area contributed by atoms with E-state index < -0.39 is 76.7 Å². The van der Waals surface area contributed by atoms with E-state index in [-0.39, 0.29) is 93.0 Å². The van der Waals surface area contributed by atoms with Gasteiger partial charge in [0.05, 0.1) is 34.9 Å². The summed E-state index contributed by atoms with van der Waals surface area (Å²) < 4.78 is 100. The summed E-state index contributed by atoms with van der Waals surface area (Å²) in [6.45, 7) is 0.311. The molecule has 0 saturated carbocycles. The Morgan fingerprint density at radius 1 is 1.02 bits per heavy atom. The number of carbonyl (C=O) groups excluding carboxylic acids is 1. The van der Waals surface area contributed by atoms with Crippen LogP contribution in [0, 0.1) is 0 Å². The van der Waals surface area contributed by atoms with Crippen molar-refractivity contribution in [1.82, 2.24) is 15.0 Å². The average Bonchev–Trinajstić information content (AvgIpc) is 2.87. The number of nitrogens with zero attached hydrogens (tertiary/aromatic N) is 4. The van der Waals surface area contributed by atoms with E-state index in [1.807, 2.05) is 0 Å². The number of hydrogen-bond acceptors (Lipinski definition) is 17. The number of carbonyl (C=O) groups is 1. The first kappa shape index (κ1) is 42.0. The SMILES string of the molecule is COc1cc(Nc2nc(Cl)nc(Nc3cccc(S(=O)(=O)CCOS(=O)(=O)O)c3)n2)c(S(=O)(=O)[O-])cc1N=C([O-])CC(C)=O.[Na+].[Na+]. The standard InChI is InChI=1S/C22H23ClN6O12S3.2Na/c1-12(30)8-19(31)25-15-11-18(43(34,35)36)16(10-17(15)40-2)26-22-28-20(23)27-21(29-22)24-13-4-3-5-14(9-13)42(32,33)7-6-41-44(37,38)39;;/h3-5,9-11H,6-8H2,1-2H3,(H,25,31)(H,34,35,36)(H,37,38,39)(H2,24,26,27,28,29);;/q;2*+1/p-2. The van der Waals surface area contributed by atoms with Gasteiger partial charge in [-0.05, 0) is 48.7 Å². The Bertz CT molecular complexity index is 1950. The molecule has 3 rings (SSSR count). The monoisotopic (exact) mass is 738 g/mol. The molecule has 238 valence electrons. The zero-order valence-corrected chi connectivity index (χ0v) is 31.6. The van der Waals surface area contributed by atoms with Crippen molar-refractivity contribution in [2.24, 2.45) is 4.99 Å². The Labute approximate surface area is 312 Å². The average molecular weight is 739 g/mol. The number of ketones is 1. The van der Waals surface area contributed by atoms with Gasteiger partial charge in [-0.15, -0.1) is 0 Å². The molecule has 0 aliphatic carbocycles. The number of ether oxygens (including phenoxy) is 1. The number of halogens is 1. The molecule has 2 aromatic carbocycles. The van der Waals surface area contributed by atoms with Gasteiger partial charge in [-0.3, -0.25) is 14.3 Å². The van der Waals surface area contributed by atoms with Crippen LogP contribution in [-0.4, -0.2) is 80.5 Å². The summed E-state index contributed by atoms with van der Waals surface area (Å²) in [6, 6.07) is 6.90. The summed E-state index contributed by atoms with van der Waals surface area (Å²) in [6.07, 6.45) is -0.570. The number of Topliss-reactive ketones (excluding diaryl/α,β-unsaturated/α-hetero) is 1. The molecule has 0 atom stereocenters. The molecular formula is C22H21ClN6Na2O12S3. The maximum Gasteiger partial charge on any atom is 1.00 e. The molecule has 18 nitrogen and oxygen atoms in total. The quantitative estimate of drug-likeness (QED) is 0.0603. The molecule has 0 aliphatic heterocycles. The Morgan fingerprint density at radius 3 is 2.22 bits per heavy atom. The van der Waals surface area contributed by atoms with Crippen LogP contribution in [0.3, 0.4) is 0 Å². The molecule has 3 aromatic rings. The normalized spacial score (nSPS) is 12.0. The molecule has 0 fully saturated rings. The molecule has 24 heteroatoms. The number of anilines is 4. The van der Waals surface area contributed by atoms with Crippen LogP contribution in [0.25, 0.3) is 0 Å². The molecule has 0 saturated heterocycles. The van der Waals surface area contributed by atoms with E-state index >= 15 is 0 Å². The molecule has 0 unspecified atom stereocenters. The number of sulfone groups is 1. The minimum Gasteiger partial charge on any atom is -0.861 e. The number of benzene rings is 2. The van der Waals surface area contributed by atoms with Gasteiger partial charge in [0, 0.05) is 18.2 Å². The third kappa shape index (κ3) is 12.9. The topological polar surface area (TPSA) is 279 Å². The van der Waals surface area contributed by atoms with Gasteiger partial charge in [-0.1, -0.05) is 6.07 Å². The molecule has 46 heavy (non-hydrogen) atoms. The van der Waals surface area contributed by atoms with E-state index in [1.165, 1.54) is 25.3 Å². The van der Waals surface area contributed by atoms with E-state index in [1.54, 1.807) is 0 Å². The zero-order valence-electron chi connectivity index (χ0n) is 24.4. The van der Waals surface area contributed by atoms with Crippen molar-refractivity contribution in [2.45, 2.75) is 23.1 Å².